The molecule has 0 aromatic heterocycles. The molecule has 0 spiro atoms. The first-order chi connectivity index (χ1) is 7.79. The van der Waals surface area contributed by atoms with Crippen molar-refractivity contribution in [1.29, 1.82) is 0 Å². The molecule has 3 fully saturated rings. The first kappa shape index (κ1) is 11.0. The van der Waals surface area contributed by atoms with Crippen LogP contribution in [0, 0.1) is 5.92 Å². The highest BCUT2D eigenvalue weighted by molar-refractivity contribution is 5.04. The van der Waals surface area contributed by atoms with Crippen molar-refractivity contribution in [1.82, 2.24) is 4.90 Å². The van der Waals surface area contributed by atoms with E-state index in [4.69, 9.17) is 5.73 Å². The van der Waals surface area contributed by atoms with Crippen molar-refractivity contribution < 1.29 is 0 Å². The van der Waals surface area contributed by atoms with Gasteiger partial charge in [-0.2, -0.15) is 0 Å². The number of piperidine rings is 2. The van der Waals surface area contributed by atoms with Crippen LogP contribution in [0.3, 0.4) is 0 Å². The maximum absolute atomic E-state index is 6.17. The average Bonchev–Trinajstić information content (AvgIpc) is 2.96. The Labute approximate surface area is 99.6 Å². The lowest BCUT2D eigenvalue weighted by atomic mass is 9.82. The fraction of sp³-hybridized carbons (Fsp3) is 1.00. The lowest BCUT2D eigenvalue weighted by Gasteiger charge is -2.48. The second-order valence-corrected chi connectivity index (χ2v) is 6.27. The topological polar surface area (TPSA) is 29.3 Å². The van der Waals surface area contributed by atoms with E-state index in [1.165, 1.54) is 51.4 Å². The zero-order valence-corrected chi connectivity index (χ0v) is 10.6. The molecular formula is C14H26N2. The van der Waals surface area contributed by atoms with Gasteiger partial charge in [-0.1, -0.05) is 19.8 Å². The van der Waals surface area contributed by atoms with Crippen molar-refractivity contribution in [2.45, 2.75) is 82.5 Å². The third-order valence-electron chi connectivity index (χ3n) is 5.00. The molecule has 92 valence electrons. The van der Waals surface area contributed by atoms with E-state index >= 15 is 0 Å². The zero-order chi connectivity index (χ0) is 11.1. The normalized spacial score (nSPS) is 48.0. The summed E-state index contributed by atoms with van der Waals surface area (Å²) in [6.45, 7) is 2.32. The maximum Gasteiger partial charge on any atom is 0.0133 e. The second kappa shape index (κ2) is 4.30. The minimum Gasteiger partial charge on any atom is -0.328 e. The Balaban J connectivity index is 1.66. The number of rotatable bonds is 3. The lowest BCUT2D eigenvalue weighted by Crippen LogP contribution is -2.56. The summed E-state index contributed by atoms with van der Waals surface area (Å²) in [6, 6.07) is 3.13. The van der Waals surface area contributed by atoms with Crippen LogP contribution in [0.4, 0.5) is 0 Å². The molecule has 0 amide bonds. The number of hydrogen-bond donors (Lipinski definition) is 1. The van der Waals surface area contributed by atoms with Crippen LogP contribution in [-0.4, -0.2) is 29.1 Å². The Morgan fingerprint density at radius 3 is 2.44 bits per heavy atom. The molecular weight excluding hydrogens is 196 g/mol. The molecule has 2 nitrogen and oxygen atoms in total. The highest BCUT2D eigenvalue weighted by atomic mass is 15.3. The third kappa shape index (κ3) is 1.91. The summed E-state index contributed by atoms with van der Waals surface area (Å²) in [5.74, 6) is 1.03. The van der Waals surface area contributed by atoms with Crippen LogP contribution in [0.15, 0.2) is 0 Å². The molecule has 2 heteroatoms. The van der Waals surface area contributed by atoms with Crippen LogP contribution in [0.2, 0.25) is 0 Å². The molecule has 2 saturated heterocycles. The first-order valence-corrected chi connectivity index (χ1v) is 7.32. The van der Waals surface area contributed by atoms with Gasteiger partial charge in [0.1, 0.15) is 0 Å². The van der Waals surface area contributed by atoms with E-state index in [0.717, 1.165) is 24.0 Å². The van der Waals surface area contributed by atoms with Gasteiger partial charge in [0.2, 0.25) is 0 Å². The standard InChI is InChI=1S/C14H26N2/c1-2-4-10-7-14(10)16-12-5-3-6-13(16)9-11(15)8-12/h10-14H,2-9,15H2,1H3. The van der Waals surface area contributed by atoms with E-state index in [2.05, 4.69) is 11.8 Å². The van der Waals surface area contributed by atoms with E-state index in [-0.39, 0.29) is 0 Å². The Hall–Kier alpha value is -0.0800. The van der Waals surface area contributed by atoms with Gasteiger partial charge >= 0.3 is 0 Å². The van der Waals surface area contributed by atoms with E-state index in [9.17, 15) is 0 Å². The van der Waals surface area contributed by atoms with Crippen molar-refractivity contribution in [3.63, 3.8) is 0 Å². The fourth-order valence-corrected chi connectivity index (χ4v) is 4.28. The minimum absolute atomic E-state index is 0.495. The molecule has 0 radical (unpaired) electrons. The number of fused-ring (bicyclic) bond motifs is 2. The SMILES string of the molecule is CCCC1CC1N1C2CCCC1CC(N)C2. The van der Waals surface area contributed by atoms with Crippen molar-refractivity contribution in [2.75, 3.05) is 0 Å². The average molecular weight is 222 g/mol. The van der Waals surface area contributed by atoms with Gasteiger partial charge in [-0.15, -0.1) is 0 Å². The van der Waals surface area contributed by atoms with Crippen LogP contribution in [0.25, 0.3) is 0 Å². The number of nitrogens with two attached hydrogens (primary N) is 1. The predicted octanol–water partition coefficient (Wildman–Crippen LogP) is 2.52. The Bertz CT molecular complexity index is 239. The third-order valence-corrected chi connectivity index (χ3v) is 5.00. The van der Waals surface area contributed by atoms with Gasteiger partial charge in [-0.3, -0.25) is 4.90 Å². The van der Waals surface area contributed by atoms with Gasteiger partial charge in [0.05, 0.1) is 0 Å². The molecule has 0 aromatic rings. The van der Waals surface area contributed by atoms with Gasteiger partial charge < -0.3 is 5.73 Å². The maximum atomic E-state index is 6.17. The van der Waals surface area contributed by atoms with Crippen LogP contribution in [0.5, 0.6) is 0 Å². The molecule has 1 saturated carbocycles. The molecule has 16 heavy (non-hydrogen) atoms. The van der Waals surface area contributed by atoms with E-state index in [1.807, 2.05) is 0 Å². The summed E-state index contributed by atoms with van der Waals surface area (Å²) in [5, 5.41) is 0. The summed E-state index contributed by atoms with van der Waals surface area (Å²) in [6.07, 6.45) is 11.1. The molecule has 4 atom stereocenters. The molecule has 3 aliphatic rings. The van der Waals surface area contributed by atoms with E-state index < -0.39 is 0 Å². The summed E-state index contributed by atoms with van der Waals surface area (Å²) in [5.41, 5.74) is 6.17. The molecule has 3 rings (SSSR count). The van der Waals surface area contributed by atoms with Crippen LogP contribution in [-0.2, 0) is 0 Å². The van der Waals surface area contributed by atoms with Crippen molar-refractivity contribution >= 4 is 0 Å². The lowest BCUT2D eigenvalue weighted by molar-refractivity contribution is 0.0195. The fourth-order valence-electron chi connectivity index (χ4n) is 4.28. The van der Waals surface area contributed by atoms with E-state index in [0.29, 0.717) is 6.04 Å². The highest BCUT2D eigenvalue weighted by Gasteiger charge is 2.49. The summed E-state index contributed by atoms with van der Waals surface area (Å²) >= 11 is 0. The molecule has 2 bridgehead atoms. The molecule has 2 N–H and O–H groups in total. The van der Waals surface area contributed by atoms with Crippen LogP contribution in [0.1, 0.15) is 58.3 Å². The summed E-state index contributed by atoms with van der Waals surface area (Å²) in [7, 11) is 0. The smallest absolute Gasteiger partial charge is 0.0133 e. The molecule has 0 aromatic carbocycles. The first-order valence-electron chi connectivity index (χ1n) is 7.32. The van der Waals surface area contributed by atoms with Gasteiger partial charge in [0.25, 0.3) is 0 Å². The highest BCUT2D eigenvalue weighted by Crippen LogP contribution is 2.46. The molecule has 2 aliphatic heterocycles. The Kier molecular flexibility index (Phi) is 2.97. The van der Waals surface area contributed by atoms with Crippen molar-refractivity contribution in [3.8, 4) is 0 Å². The summed E-state index contributed by atoms with van der Waals surface area (Å²) < 4.78 is 0. The van der Waals surface area contributed by atoms with Gasteiger partial charge in [0, 0.05) is 24.2 Å². The van der Waals surface area contributed by atoms with Gasteiger partial charge in [-0.05, 0) is 44.4 Å². The predicted molar refractivity (Wildman–Crippen MR) is 67.3 cm³/mol. The van der Waals surface area contributed by atoms with Crippen molar-refractivity contribution in [2.24, 2.45) is 11.7 Å². The minimum atomic E-state index is 0.495. The Morgan fingerprint density at radius 1 is 1.12 bits per heavy atom. The Morgan fingerprint density at radius 2 is 1.81 bits per heavy atom. The van der Waals surface area contributed by atoms with E-state index in [1.54, 1.807) is 0 Å². The van der Waals surface area contributed by atoms with Crippen LogP contribution < -0.4 is 5.73 Å². The number of hydrogen-bond acceptors (Lipinski definition) is 2. The van der Waals surface area contributed by atoms with Gasteiger partial charge in [-0.25, -0.2) is 0 Å². The zero-order valence-electron chi connectivity index (χ0n) is 10.6. The van der Waals surface area contributed by atoms with Gasteiger partial charge in [0.15, 0.2) is 0 Å². The van der Waals surface area contributed by atoms with Crippen molar-refractivity contribution in [3.05, 3.63) is 0 Å². The second-order valence-electron chi connectivity index (χ2n) is 6.27. The quantitative estimate of drug-likeness (QED) is 0.795. The number of nitrogens with zero attached hydrogens (tertiary/aromatic N) is 1. The largest absolute Gasteiger partial charge is 0.328 e. The molecule has 4 unspecified atom stereocenters. The van der Waals surface area contributed by atoms with Crippen LogP contribution >= 0.6 is 0 Å². The monoisotopic (exact) mass is 222 g/mol. The summed E-state index contributed by atoms with van der Waals surface area (Å²) in [4.78, 5) is 2.90. The molecule has 1 aliphatic carbocycles. The molecule has 2 heterocycles.